The lowest BCUT2D eigenvalue weighted by molar-refractivity contribution is 0.0527. The fourth-order valence-electron chi connectivity index (χ4n) is 2.97. The van der Waals surface area contributed by atoms with E-state index in [4.69, 9.17) is 18.9 Å². The quantitative estimate of drug-likeness (QED) is 0.647. The molecular weight excluding hydrogens is 366 g/mol. The second-order valence-electron chi connectivity index (χ2n) is 5.88. The van der Waals surface area contributed by atoms with Gasteiger partial charge in [-0.05, 0) is 26.0 Å². The summed E-state index contributed by atoms with van der Waals surface area (Å²) < 4.78 is 22.3. The molecule has 1 N–H and O–H groups in total. The van der Waals surface area contributed by atoms with Crippen molar-refractivity contribution in [2.45, 2.75) is 13.8 Å². The lowest BCUT2D eigenvalue weighted by atomic mass is 10.1. The number of hydrogen-bond acceptors (Lipinski definition) is 7. The van der Waals surface area contributed by atoms with Crippen molar-refractivity contribution < 1.29 is 23.7 Å². The molecule has 9 nitrogen and oxygen atoms in total. The van der Waals surface area contributed by atoms with Crippen LogP contribution in [0.2, 0.25) is 0 Å². The Morgan fingerprint density at radius 2 is 1.75 bits per heavy atom. The second kappa shape index (κ2) is 7.63. The average Bonchev–Trinajstić information content (AvgIpc) is 3.03. The summed E-state index contributed by atoms with van der Waals surface area (Å²) in [6, 6.07) is 4.73. The van der Waals surface area contributed by atoms with Gasteiger partial charge >= 0.3 is 5.97 Å². The zero-order valence-corrected chi connectivity index (χ0v) is 16.3. The number of carbonyl (C=O) groups excluding carboxylic acids is 1. The van der Waals surface area contributed by atoms with Gasteiger partial charge in [0.15, 0.2) is 17.1 Å². The molecule has 9 heteroatoms. The minimum Gasteiger partial charge on any atom is -0.493 e. The first-order valence-corrected chi connectivity index (χ1v) is 8.55. The molecule has 0 aliphatic rings. The van der Waals surface area contributed by atoms with Crippen LogP contribution in [-0.2, 0) is 4.74 Å². The number of aromatic amines is 1. The summed E-state index contributed by atoms with van der Waals surface area (Å²) in [5.74, 6) is 0.730. The Balaban J connectivity index is 2.26. The standard InChI is InChI=1S/C19H21N3O6/c1-6-28-19(24)16-10(2)21-22-15(23)9-12(20-18(16)22)11-7-13(25-3)17(27-5)14(8-11)26-4/h7-9,21H,6H2,1-5H3. The molecule has 0 radical (unpaired) electrons. The molecule has 0 spiro atoms. The molecule has 0 aliphatic carbocycles. The van der Waals surface area contributed by atoms with E-state index >= 15 is 0 Å². The number of carbonyl (C=O) groups is 1. The van der Waals surface area contributed by atoms with Gasteiger partial charge in [0.1, 0.15) is 5.56 Å². The zero-order chi connectivity index (χ0) is 20.4. The number of rotatable bonds is 6. The normalized spacial score (nSPS) is 10.8. The van der Waals surface area contributed by atoms with Crippen molar-refractivity contribution in [3.05, 3.63) is 39.8 Å². The molecule has 0 amide bonds. The summed E-state index contributed by atoms with van der Waals surface area (Å²) in [5.41, 5.74) is 1.45. The number of methoxy groups -OCH3 is 3. The first-order valence-electron chi connectivity index (χ1n) is 8.55. The van der Waals surface area contributed by atoms with Crippen molar-refractivity contribution in [1.82, 2.24) is 14.6 Å². The number of hydrogen-bond donors (Lipinski definition) is 1. The fourth-order valence-corrected chi connectivity index (χ4v) is 2.97. The summed E-state index contributed by atoms with van der Waals surface area (Å²) in [6.07, 6.45) is 0. The van der Waals surface area contributed by atoms with Gasteiger partial charge in [0, 0.05) is 17.3 Å². The number of esters is 1. The van der Waals surface area contributed by atoms with E-state index < -0.39 is 5.97 Å². The highest BCUT2D eigenvalue weighted by Crippen LogP contribution is 2.40. The number of nitrogens with one attached hydrogen (secondary N) is 1. The fraction of sp³-hybridized carbons (Fsp3) is 0.316. The summed E-state index contributed by atoms with van der Waals surface area (Å²) in [7, 11) is 4.51. The minimum atomic E-state index is -0.548. The first-order chi connectivity index (χ1) is 13.4. The molecule has 2 aromatic heterocycles. The molecule has 0 aliphatic heterocycles. The Morgan fingerprint density at radius 3 is 2.29 bits per heavy atom. The Bertz CT molecular complexity index is 1070. The number of aromatic nitrogens is 3. The molecule has 28 heavy (non-hydrogen) atoms. The molecule has 0 atom stereocenters. The molecule has 148 valence electrons. The van der Waals surface area contributed by atoms with Crippen LogP contribution in [-0.4, -0.2) is 48.5 Å². The Labute approximate surface area is 160 Å². The third-order valence-corrected chi connectivity index (χ3v) is 4.24. The molecule has 2 heterocycles. The van der Waals surface area contributed by atoms with Gasteiger partial charge in [0.25, 0.3) is 5.56 Å². The molecule has 3 rings (SSSR count). The van der Waals surface area contributed by atoms with Gasteiger partial charge in [-0.1, -0.05) is 0 Å². The maximum Gasteiger partial charge on any atom is 0.343 e. The van der Waals surface area contributed by atoms with Gasteiger partial charge in [-0.3, -0.25) is 9.89 Å². The minimum absolute atomic E-state index is 0.187. The maximum atomic E-state index is 12.6. The monoisotopic (exact) mass is 387 g/mol. The smallest absolute Gasteiger partial charge is 0.343 e. The zero-order valence-electron chi connectivity index (χ0n) is 16.3. The van der Waals surface area contributed by atoms with Crippen LogP contribution in [0.3, 0.4) is 0 Å². The highest BCUT2D eigenvalue weighted by Gasteiger charge is 2.22. The van der Waals surface area contributed by atoms with Crippen LogP contribution in [0.1, 0.15) is 23.0 Å². The first kappa shape index (κ1) is 19.3. The summed E-state index contributed by atoms with van der Waals surface area (Å²) in [6.45, 7) is 3.61. The third-order valence-electron chi connectivity index (χ3n) is 4.24. The van der Waals surface area contributed by atoms with E-state index in [-0.39, 0.29) is 23.4 Å². The third kappa shape index (κ3) is 3.15. The molecule has 0 fully saturated rings. The van der Waals surface area contributed by atoms with E-state index in [2.05, 4.69) is 10.1 Å². The molecule has 3 aromatic rings. The molecule has 0 bridgehead atoms. The topological polar surface area (TPSA) is 104 Å². The van der Waals surface area contributed by atoms with Crippen LogP contribution < -0.4 is 19.8 Å². The predicted molar refractivity (Wildman–Crippen MR) is 102 cm³/mol. The molecule has 0 saturated heterocycles. The molecular formula is C19H21N3O6. The number of aryl methyl sites for hydroxylation is 1. The Kier molecular flexibility index (Phi) is 5.25. The number of nitrogens with zero attached hydrogens (tertiary/aromatic N) is 2. The van der Waals surface area contributed by atoms with Crippen molar-refractivity contribution in [3.63, 3.8) is 0 Å². The van der Waals surface area contributed by atoms with Crippen LogP contribution in [0.25, 0.3) is 16.9 Å². The second-order valence-corrected chi connectivity index (χ2v) is 5.88. The molecule has 1 aromatic carbocycles. The van der Waals surface area contributed by atoms with Gasteiger partial charge in [-0.2, -0.15) is 0 Å². The average molecular weight is 387 g/mol. The highest BCUT2D eigenvalue weighted by atomic mass is 16.5. The van der Waals surface area contributed by atoms with Crippen molar-refractivity contribution in [2.24, 2.45) is 0 Å². The van der Waals surface area contributed by atoms with E-state index in [0.29, 0.717) is 34.2 Å². The van der Waals surface area contributed by atoms with Crippen molar-refractivity contribution in [2.75, 3.05) is 27.9 Å². The highest BCUT2D eigenvalue weighted by molar-refractivity contribution is 5.97. The van der Waals surface area contributed by atoms with Crippen LogP contribution >= 0.6 is 0 Å². The van der Waals surface area contributed by atoms with E-state index in [0.717, 1.165) is 0 Å². The molecule has 0 saturated carbocycles. The van der Waals surface area contributed by atoms with E-state index in [1.54, 1.807) is 26.0 Å². The summed E-state index contributed by atoms with van der Waals surface area (Å²) >= 11 is 0. The van der Waals surface area contributed by atoms with Crippen LogP contribution in [0, 0.1) is 6.92 Å². The summed E-state index contributed by atoms with van der Waals surface area (Å²) in [5, 5.41) is 2.85. The Hall–Kier alpha value is -3.49. The number of fused-ring (bicyclic) bond motifs is 1. The van der Waals surface area contributed by atoms with Crippen LogP contribution in [0.5, 0.6) is 17.2 Å². The lowest BCUT2D eigenvalue weighted by Crippen LogP contribution is -2.15. The van der Waals surface area contributed by atoms with Gasteiger partial charge in [0.05, 0.1) is 33.6 Å². The predicted octanol–water partition coefficient (Wildman–Crippen LogP) is 2.20. The van der Waals surface area contributed by atoms with Gasteiger partial charge < -0.3 is 18.9 Å². The van der Waals surface area contributed by atoms with Crippen LogP contribution in [0.15, 0.2) is 23.0 Å². The van der Waals surface area contributed by atoms with E-state index in [1.807, 2.05) is 0 Å². The van der Waals surface area contributed by atoms with Crippen molar-refractivity contribution in [1.29, 1.82) is 0 Å². The van der Waals surface area contributed by atoms with Crippen molar-refractivity contribution >= 4 is 11.6 Å². The van der Waals surface area contributed by atoms with E-state index in [1.165, 1.54) is 31.9 Å². The van der Waals surface area contributed by atoms with E-state index in [9.17, 15) is 9.59 Å². The number of ether oxygens (including phenoxy) is 4. The lowest BCUT2D eigenvalue weighted by Gasteiger charge is -2.14. The van der Waals surface area contributed by atoms with Gasteiger partial charge in [-0.25, -0.2) is 14.3 Å². The van der Waals surface area contributed by atoms with Crippen LogP contribution in [0.4, 0.5) is 0 Å². The van der Waals surface area contributed by atoms with Gasteiger partial charge in [0.2, 0.25) is 5.75 Å². The largest absolute Gasteiger partial charge is 0.493 e. The van der Waals surface area contributed by atoms with Gasteiger partial charge in [-0.15, -0.1) is 0 Å². The summed E-state index contributed by atoms with van der Waals surface area (Å²) in [4.78, 5) is 29.4. The number of H-pyrrole nitrogens is 1. The molecule has 0 unspecified atom stereocenters. The van der Waals surface area contributed by atoms with Crippen molar-refractivity contribution in [3.8, 4) is 28.5 Å². The number of benzene rings is 1. The Morgan fingerprint density at radius 1 is 1.11 bits per heavy atom. The SMILES string of the molecule is CCOC(=O)c1c(C)[nH]n2c(=O)cc(-c3cc(OC)c(OC)c(OC)c3)nc12. The maximum absolute atomic E-state index is 12.6.